The summed E-state index contributed by atoms with van der Waals surface area (Å²) in [5.74, 6) is 0.332. The Labute approximate surface area is 127 Å². The largest absolute Gasteiger partial charge is 0.312 e. The molecule has 100 valence electrons. The van der Waals surface area contributed by atoms with E-state index in [0.717, 1.165) is 9.50 Å². The van der Waals surface area contributed by atoms with Gasteiger partial charge < -0.3 is 5.32 Å². The molecule has 2 rings (SSSR count). The highest BCUT2D eigenvalue weighted by Crippen LogP contribution is 2.33. The summed E-state index contributed by atoms with van der Waals surface area (Å²) >= 11 is 9.63. The Balaban J connectivity index is 2.34. The SMILES string of the molecule is CNC(c1cc(Cl)cc(Br)c1)C(C)c1ccncc1. The molecule has 2 nitrogen and oxygen atoms in total. The first kappa shape index (κ1) is 14.5. The summed E-state index contributed by atoms with van der Waals surface area (Å²) < 4.78 is 0.997. The lowest BCUT2D eigenvalue weighted by molar-refractivity contribution is 0.507. The fourth-order valence-electron chi connectivity index (χ4n) is 2.32. The number of likely N-dealkylation sites (N-methyl/N-ethyl adjacent to an activating group) is 1. The minimum absolute atomic E-state index is 0.206. The van der Waals surface area contributed by atoms with E-state index in [4.69, 9.17) is 11.6 Å². The highest BCUT2D eigenvalue weighted by molar-refractivity contribution is 9.10. The zero-order valence-corrected chi connectivity index (χ0v) is 13.2. The van der Waals surface area contributed by atoms with Crippen LogP contribution in [0.15, 0.2) is 47.2 Å². The van der Waals surface area contributed by atoms with Crippen molar-refractivity contribution in [1.29, 1.82) is 0 Å². The highest BCUT2D eigenvalue weighted by Gasteiger charge is 2.19. The van der Waals surface area contributed by atoms with Gasteiger partial charge in [0, 0.05) is 33.8 Å². The van der Waals surface area contributed by atoms with Crippen molar-refractivity contribution in [3.63, 3.8) is 0 Å². The van der Waals surface area contributed by atoms with Crippen LogP contribution >= 0.6 is 27.5 Å². The molecule has 0 aliphatic carbocycles. The van der Waals surface area contributed by atoms with E-state index in [1.165, 1.54) is 11.1 Å². The van der Waals surface area contributed by atoms with Gasteiger partial charge in [0.2, 0.25) is 0 Å². The molecule has 2 aromatic rings. The van der Waals surface area contributed by atoms with Gasteiger partial charge in [-0.1, -0.05) is 34.5 Å². The van der Waals surface area contributed by atoms with Gasteiger partial charge in [-0.15, -0.1) is 0 Å². The van der Waals surface area contributed by atoms with Crippen LogP contribution in [0, 0.1) is 0 Å². The molecule has 0 radical (unpaired) electrons. The molecule has 2 atom stereocenters. The molecule has 1 N–H and O–H groups in total. The maximum absolute atomic E-state index is 6.13. The molecule has 0 aliphatic heterocycles. The summed E-state index contributed by atoms with van der Waals surface area (Å²) in [5.41, 5.74) is 2.43. The van der Waals surface area contributed by atoms with Crippen molar-refractivity contribution in [2.24, 2.45) is 0 Å². The van der Waals surface area contributed by atoms with Crippen molar-refractivity contribution >= 4 is 27.5 Å². The second-order valence-corrected chi connectivity index (χ2v) is 5.89. The number of nitrogens with one attached hydrogen (secondary N) is 1. The first-order valence-corrected chi connectivity index (χ1v) is 7.32. The molecule has 0 bridgehead atoms. The third kappa shape index (κ3) is 3.56. The Morgan fingerprint density at radius 1 is 1.16 bits per heavy atom. The monoisotopic (exact) mass is 338 g/mol. The lowest BCUT2D eigenvalue weighted by Crippen LogP contribution is -2.22. The first-order chi connectivity index (χ1) is 9.11. The third-order valence-corrected chi connectivity index (χ3v) is 3.96. The number of benzene rings is 1. The van der Waals surface area contributed by atoms with Gasteiger partial charge >= 0.3 is 0 Å². The van der Waals surface area contributed by atoms with Crippen LogP contribution in [0.25, 0.3) is 0 Å². The van der Waals surface area contributed by atoms with Crippen LogP contribution in [0.1, 0.15) is 30.0 Å². The standard InChI is InChI=1S/C15H16BrClN2/c1-10(11-3-5-19-6-4-11)15(18-2)12-7-13(16)9-14(17)8-12/h3-10,15,18H,1-2H3. The van der Waals surface area contributed by atoms with E-state index in [2.05, 4.69) is 51.4 Å². The van der Waals surface area contributed by atoms with E-state index >= 15 is 0 Å². The van der Waals surface area contributed by atoms with Crippen LogP contribution in [0.3, 0.4) is 0 Å². The van der Waals surface area contributed by atoms with Crippen LogP contribution in [0.2, 0.25) is 5.02 Å². The van der Waals surface area contributed by atoms with Crippen LogP contribution in [0.4, 0.5) is 0 Å². The van der Waals surface area contributed by atoms with Crippen LogP contribution in [-0.4, -0.2) is 12.0 Å². The summed E-state index contributed by atoms with van der Waals surface area (Å²) in [4.78, 5) is 4.06. The van der Waals surface area contributed by atoms with Crippen LogP contribution in [0.5, 0.6) is 0 Å². The minimum Gasteiger partial charge on any atom is -0.312 e. The molecule has 19 heavy (non-hydrogen) atoms. The number of aromatic nitrogens is 1. The van der Waals surface area contributed by atoms with Crippen molar-refractivity contribution in [1.82, 2.24) is 10.3 Å². The Morgan fingerprint density at radius 2 is 1.84 bits per heavy atom. The topological polar surface area (TPSA) is 24.9 Å². The lowest BCUT2D eigenvalue weighted by Gasteiger charge is -2.24. The number of pyridine rings is 1. The first-order valence-electron chi connectivity index (χ1n) is 6.15. The summed E-state index contributed by atoms with van der Waals surface area (Å²) in [5, 5.41) is 4.11. The van der Waals surface area contributed by atoms with E-state index in [1.807, 2.05) is 31.6 Å². The van der Waals surface area contributed by atoms with Gasteiger partial charge in [0.15, 0.2) is 0 Å². The zero-order chi connectivity index (χ0) is 13.8. The lowest BCUT2D eigenvalue weighted by atomic mass is 9.89. The van der Waals surface area contributed by atoms with Crippen molar-refractivity contribution in [3.8, 4) is 0 Å². The van der Waals surface area contributed by atoms with E-state index in [0.29, 0.717) is 5.92 Å². The van der Waals surface area contributed by atoms with Crippen LogP contribution in [-0.2, 0) is 0 Å². The van der Waals surface area contributed by atoms with Gasteiger partial charge in [-0.05, 0) is 48.5 Å². The van der Waals surface area contributed by atoms with Gasteiger partial charge in [-0.2, -0.15) is 0 Å². The number of hydrogen-bond donors (Lipinski definition) is 1. The zero-order valence-electron chi connectivity index (χ0n) is 10.9. The Hall–Kier alpha value is -0.900. The number of hydrogen-bond acceptors (Lipinski definition) is 2. The summed E-state index contributed by atoms with van der Waals surface area (Å²) in [6.45, 7) is 2.20. The molecule has 4 heteroatoms. The molecule has 0 aliphatic rings. The molecule has 1 aromatic carbocycles. The fraction of sp³-hybridized carbons (Fsp3) is 0.267. The minimum atomic E-state index is 0.206. The number of rotatable bonds is 4. The molecule has 1 heterocycles. The molecule has 0 spiro atoms. The molecule has 2 unspecified atom stereocenters. The molecule has 1 aromatic heterocycles. The molecule has 0 saturated heterocycles. The molecule has 0 fully saturated rings. The average Bonchev–Trinajstić information content (AvgIpc) is 2.39. The van der Waals surface area contributed by atoms with Crippen molar-refractivity contribution < 1.29 is 0 Å². The predicted molar refractivity (Wildman–Crippen MR) is 83.6 cm³/mol. The Kier molecular flexibility index (Phi) is 4.97. The van der Waals surface area contributed by atoms with Gasteiger partial charge in [0.25, 0.3) is 0 Å². The molecular weight excluding hydrogens is 324 g/mol. The Morgan fingerprint density at radius 3 is 2.42 bits per heavy atom. The van der Waals surface area contributed by atoms with Crippen LogP contribution < -0.4 is 5.32 Å². The highest BCUT2D eigenvalue weighted by atomic mass is 79.9. The number of nitrogens with zero attached hydrogens (tertiary/aromatic N) is 1. The van der Waals surface area contributed by atoms with Gasteiger partial charge in [0.05, 0.1) is 0 Å². The summed E-state index contributed by atoms with van der Waals surface area (Å²) in [7, 11) is 1.97. The summed E-state index contributed by atoms with van der Waals surface area (Å²) in [6, 6.07) is 10.3. The van der Waals surface area contributed by atoms with E-state index in [1.54, 1.807) is 0 Å². The predicted octanol–water partition coefficient (Wildman–Crippen LogP) is 4.56. The van der Waals surface area contributed by atoms with Crippen molar-refractivity contribution in [2.75, 3.05) is 7.05 Å². The van der Waals surface area contributed by atoms with Crippen molar-refractivity contribution in [2.45, 2.75) is 18.9 Å². The second-order valence-electron chi connectivity index (χ2n) is 4.54. The van der Waals surface area contributed by atoms with Gasteiger partial charge in [-0.3, -0.25) is 4.98 Å². The maximum Gasteiger partial charge on any atom is 0.0420 e. The third-order valence-electron chi connectivity index (χ3n) is 3.29. The normalized spacial score (nSPS) is 14.1. The summed E-state index contributed by atoms with van der Waals surface area (Å²) in [6.07, 6.45) is 3.65. The van der Waals surface area contributed by atoms with E-state index < -0.39 is 0 Å². The van der Waals surface area contributed by atoms with Gasteiger partial charge in [-0.25, -0.2) is 0 Å². The fourth-order valence-corrected chi connectivity index (χ4v) is 3.21. The second kappa shape index (κ2) is 6.51. The van der Waals surface area contributed by atoms with Gasteiger partial charge in [0.1, 0.15) is 0 Å². The molecule has 0 amide bonds. The Bertz CT molecular complexity index is 525. The molecule has 0 saturated carbocycles. The van der Waals surface area contributed by atoms with Crippen molar-refractivity contribution in [3.05, 3.63) is 63.3 Å². The maximum atomic E-state index is 6.13. The van der Waals surface area contributed by atoms with E-state index in [-0.39, 0.29) is 6.04 Å². The molecular formula is C15H16BrClN2. The smallest absolute Gasteiger partial charge is 0.0420 e. The average molecular weight is 340 g/mol. The van der Waals surface area contributed by atoms with E-state index in [9.17, 15) is 0 Å². The number of halogens is 2. The quantitative estimate of drug-likeness (QED) is 0.883.